The van der Waals surface area contributed by atoms with E-state index in [1.807, 2.05) is 6.07 Å². The molecule has 1 fully saturated rings. The molecule has 3 rings (SSSR count). The molecule has 0 atom stereocenters. The molecule has 4 nitrogen and oxygen atoms in total. The molecule has 19 heavy (non-hydrogen) atoms. The van der Waals surface area contributed by atoms with Gasteiger partial charge in [-0.1, -0.05) is 17.8 Å². The topological polar surface area (TPSA) is 60.9 Å². The van der Waals surface area contributed by atoms with Crippen LogP contribution in [0.1, 0.15) is 18.4 Å². The van der Waals surface area contributed by atoms with Crippen LogP contribution in [0.3, 0.4) is 0 Å². The normalized spacial score (nSPS) is 18.8. The fourth-order valence-corrected chi connectivity index (χ4v) is 3.45. The third-order valence-electron chi connectivity index (χ3n) is 3.63. The summed E-state index contributed by atoms with van der Waals surface area (Å²) in [5.74, 6) is 0.702. The van der Waals surface area contributed by atoms with Crippen LogP contribution in [0.15, 0.2) is 23.4 Å². The lowest BCUT2D eigenvalue weighted by Gasteiger charge is -2.31. The molecule has 2 aromatic rings. The molecule has 0 unspecified atom stereocenters. The summed E-state index contributed by atoms with van der Waals surface area (Å²) < 4.78 is 0. The number of fused-ring (bicyclic) bond motifs is 1. The zero-order chi connectivity index (χ0) is 13.3. The standard InChI is InChI=1S/C14H19N3OS/c1-10-2-3-11-12(8-10)17-13(16-11)19-9-14(18)4-6-15-7-5-14/h2-3,8,15,18H,4-7,9H2,1H3,(H,16,17). The minimum Gasteiger partial charge on any atom is -0.389 e. The highest BCUT2D eigenvalue weighted by molar-refractivity contribution is 7.99. The highest BCUT2D eigenvalue weighted by Gasteiger charge is 2.29. The first-order chi connectivity index (χ1) is 9.15. The molecule has 0 radical (unpaired) electrons. The second-order valence-corrected chi connectivity index (χ2v) is 6.29. The van der Waals surface area contributed by atoms with Gasteiger partial charge in [0.15, 0.2) is 5.16 Å². The largest absolute Gasteiger partial charge is 0.389 e. The van der Waals surface area contributed by atoms with E-state index in [-0.39, 0.29) is 0 Å². The Kier molecular flexibility index (Phi) is 3.52. The van der Waals surface area contributed by atoms with Crippen molar-refractivity contribution >= 4 is 22.8 Å². The summed E-state index contributed by atoms with van der Waals surface area (Å²) in [5.41, 5.74) is 2.74. The summed E-state index contributed by atoms with van der Waals surface area (Å²) in [6.07, 6.45) is 1.64. The Bertz CT molecular complexity index is 575. The van der Waals surface area contributed by atoms with Crippen LogP contribution in [0.5, 0.6) is 0 Å². The van der Waals surface area contributed by atoms with E-state index < -0.39 is 5.60 Å². The molecule has 3 N–H and O–H groups in total. The van der Waals surface area contributed by atoms with Crippen molar-refractivity contribution in [2.24, 2.45) is 0 Å². The Morgan fingerprint density at radius 3 is 2.95 bits per heavy atom. The lowest BCUT2D eigenvalue weighted by Crippen LogP contribution is -2.43. The number of hydrogen-bond acceptors (Lipinski definition) is 4. The van der Waals surface area contributed by atoms with Gasteiger partial charge in [-0.25, -0.2) is 4.98 Å². The van der Waals surface area contributed by atoms with Gasteiger partial charge < -0.3 is 15.4 Å². The third-order valence-corrected chi connectivity index (χ3v) is 4.78. The highest BCUT2D eigenvalue weighted by Crippen LogP contribution is 2.28. The smallest absolute Gasteiger partial charge is 0.166 e. The molecule has 1 saturated heterocycles. The van der Waals surface area contributed by atoms with Crippen LogP contribution in [-0.2, 0) is 0 Å². The van der Waals surface area contributed by atoms with E-state index >= 15 is 0 Å². The maximum absolute atomic E-state index is 10.4. The van der Waals surface area contributed by atoms with Gasteiger partial charge in [-0.05, 0) is 50.6 Å². The zero-order valence-electron chi connectivity index (χ0n) is 11.1. The average Bonchev–Trinajstić information content (AvgIpc) is 2.79. The van der Waals surface area contributed by atoms with Crippen molar-refractivity contribution in [2.45, 2.75) is 30.5 Å². The van der Waals surface area contributed by atoms with Gasteiger partial charge in [0.25, 0.3) is 0 Å². The lowest BCUT2D eigenvalue weighted by molar-refractivity contribution is 0.0339. The van der Waals surface area contributed by atoms with Crippen molar-refractivity contribution in [3.8, 4) is 0 Å². The van der Waals surface area contributed by atoms with Gasteiger partial charge in [-0.2, -0.15) is 0 Å². The van der Waals surface area contributed by atoms with Gasteiger partial charge in [0.2, 0.25) is 0 Å². The van der Waals surface area contributed by atoms with Gasteiger partial charge in [0.05, 0.1) is 16.6 Å². The van der Waals surface area contributed by atoms with Crippen LogP contribution in [-0.4, -0.2) is 39.5 Å². The number of aromatic amines is 1. The van der Waals surface area contributed by atoms with Gasteiger partial charge in [0, 0.05) is 5.75 Å². The monoisotopic (exact) mass is 277 g/mol. The molecule has 0 spiro atoms. The van der Waals surface area contributed by atoms with E-state index in [0.717, 1.165) is 42.1 Å². The zero-order valence-corrected chi connectivity index (χ0v) is 11.9. The molecule has 102 valence electrons. The molecule has 0 saturated carbocycles. The second kappa shape index (κ2) is 5.15. The molecule has 2 heterocycles. The first-order valence-electron chi connectivity index (χ1n) is 6.67. The number of rotatable bonds is 3. The number of nitrogens with one attached hydrogen (secondary N) is 2. The molecule has 0 bridgehead atoms. The maximum Gasteiger partial charge on any atom is 0.166 e. The molecule has 1 aromatic heterocycles. The predicted octanol–water partition coefficient (Wildman–Crippen LogP) is 2.08. The molecule has 5 heteroatoms. The predicted molar refractivity (Wildman–Crippen MR) is 78.6 cm³/mol. The van der Waals surface area contributed by atoms with Gasteiger partial charge in [0.1, 0.15) is 0 Å². The Morgan fingerprint density at radius 1 is 1.37 bits per heavy atom. The van der Waals surface area contributed by atoms with E-state index in [4.69, 9.17) is 0 Å². The highest BCUT2D eigenvalue weighted by atomic mass is 32.2. The van der Waals surface area contributed by atoms with Crippen LogP contribution < -0.4 is 5.32 Å². The lowest BCUT2D eigenvalue weighted by atomic mass is 9.95. The Labute approximate surface area is 117 Å². The molecule has 1 aromatic carbocycles. The van der Waals surface area contributed by atoms with E-state index in [1.165, 1.54) is 5.56 Å². The fraction of sp³-hybridized carbons (Fsp3) is 0.500. The number of hydrogen-bond donors (Lipinski definition) is 3. The molecular weight excluding hydrogens is 258 g/mol. The average molecular weight is 277 g/mol. The number of piperidine rings is 1. The minimum atomic E-state index is -0.551. The number of nitrogens with zero attached hydrogens (tertiary/aromatic N) is 1. The molecule has 0 aliphatic carbocycles. The van der Waals surface area contributed by atoms with Crippen LogP contribution >= 0.6 is 11.8 Å². The van der Waals surface area contributed by atoms with Crippen LogP contribution in [0, 0.1) is 6.92 Å². The summed E-state index contributed by atoms with van der Waals surface area (Å²) in [4.78, 5) is 7.87. The summed E-state index contributed by atoms with van der Waals surface area (Å²) >= 11 is 1.61. The van der Waals surface area contributed by atoms with Crippen LogP contribution in [0.25, 0.3) is 11.0 Å². The van der Waals surface area contributed by atoms with Crippen molar-refractivity contribution in [3.63, 3.8) is 0 Å². The van der Waals surface area contributed by atoms with E-state index in [2.05, 4.69) is 34.3 Å². The first-order valence-corrected chi connectivity index (χ1v) is 7.66. The summed E-state index contributed by atoms with van der Waals surface area (Å²) in [6.45, 7) is 3.87. The quantitative estimate of drug-likeness (QED) is 0.752. The maximum atomic E-state index is 10.4. The van der Waals surface area contributed by atoms with Gasteiger partial charge >= 0.3 is 0 Å². The molecule has 1 aliphatic rings. The van der Waals surface area contributed by atoms with Crippen molar-refractivity contribution in [3.05, 3.63) is 23.8 Å². The number of aliphatic hydroxyl groups is 1. The van der Waals surface area contributed by atoms with E-state index in [0.29, 0.717) is 5.75 Å². The number of H-pyrrole nitrogens is 1. The van der Waals surface area contributed by atoms with Crippen molar-refractivity contribution < 1.29 is 5.11 Å². The second-order valence-electron chi connectivity index (χ2n) is 5.33. The first kappa shape index (κ1) is 13.0. The van der Waals surface area contributed by atoms with Gasteiger partial charge in [-0.3, -0.25) is 0 Å². The van der Waals surface area contributed by atoms with Crippen LogP contribution in [0.2, 0.25) is 0 Å². The number of imidazole rings is 1. The Balaban J connectivity index is 1.71. The SMILES string of the molecule is Cc1ccc2nc(SCC3(O)CCNCC3)[nH]c2c1. The van der Waals surface area contributed by atoms with Crippen molar-refractivity contribution in [2.75, 3.05) is 18.8 Å². The molecule has 0 amide bonds. The fourth-order valence-electron chi connectivity index (χ4n) is 2.41. The number of thioether (sulfide) groups is 1. The van der Waals surface area contributed by atoms with Gasteiger partial charge in [-0.15, -0.1) is 0 Å². The van der Waals surface area contributed by atoms with Crippen LogP contribution in [0.4, 0.5) is 0 Å². The molecule has 1 aliphatic heterocycles. The number of aromatic nitrogens is 2. The summed E-state index contributed by atoms with van der Waals surface area (Å²) in [6, 6.07) is 6.20. The summed E-state index contributed by atoms with van der Waals surface area (Å²) in [5, 5.41) is 14.6. The number of aryl methyl sites for hydroxylation is 1. The minimum absolute atomic E-state index is 0.551. The molecular formula is C14H19N3OS. The van der Waals surface area contributed by atoms with Crippen molar-refractivity contribution in [1.29, 1.82) is 0 Å². The van der Waals surface area contributed by atoms with E-state index in [1.54, 1.807) is 11.8 Å². The third kappa shape index (κ3) is 2.94. The Morgan fingerprint density at radius 2 is 2.16 bits per heavy atom. The summed E-state index contributed by atoms with van der Waals surface area (Å²) in [7, 11) is 0. The number of benzene rings is 1. The Hall–Kier alpha value is -1.04. The van der Waals surface area contributed by atoms with Crippen molar-refractivity contribution in [1.82, 2.24) is 15.3 Å². The van der Waals surface area contributed by atoms with E-state index in [9.17, 15) is 5.11 Å².